The summed E-state index contributed by atoms with van der Waals surface area (Å²) in [6.07, 6.45) is 13.3. The van der Waals surface area contributed by atoms with E-state index in [2.05, 4.69) is 6.92 Å². The molecule has 1 aromatic carbocycles. The third-order valence-electron chi connectivity index (χ3n) is 7.18. The van der Waals surface area contributed by atoms with Crippen LogP contribution in [0.5, 0.6) is 0 Å². The highest BCUT2D eigenvalue weighted by atomic mass is 16.4. The smallest absolute Gasteiger partial charge is 0.336 e. The summed E-state index contributed by atoms with van der Waals surface area (Å²) in [4.78, 5) is 25.0. The Morgan fingerprint density at radius 3 is 1.72 bits per heavy atom. The highest BCUT2D eigenvalue weighted by Gasteiger charge is 2.34. The first-order chi connectivity index (χ1) is 14.0. The van der Waals surface area contributed by atoms with Crippen LogP contribution < -0.4 is 0 Å². The van der Waals surface area contributed by atoms with E-state index in [0.29, 0.717) is 22.6 Å². The molecule has 0 unspecified atom stereocenters. The van der Waals surface area contributed by atoms with Gasteiger partial charge in [0.15, 0.2) is 0 Å². The van der Waals surface area contributed by atoms with Crippen LogP contribution in [0.1, 0.15) is 139 Å². The number of benzene rings is 1. The fourth-order valence-electron chi connectivity index (χ4n) is 5.86. The molecule has 2 aliphatic carbocycles. The molecule has 1 aromatic rings. The van der Waals surface area contributed by atoms with Gasteiger partial charge in [0.2, 0.25) is 0 Å². The summed E-state index contributed by atoms with van der Waals surface area (Å²) in [7, 11) is 0. The van der Waals surface area contributed by atoms with Crippen molar-refractivity contribution >= 4 is 11.9 Å². The van der Waals surface area contributed by atoms with Crippen LogP contribution in [0.15, 0.2) is 0 Å². The lowest BCUT2D eigenvalue weighted by molar-refractivity contribution is 0.0692. The van der Waals surface area contributed by atoms with Crippen molar-refractivity contribution in [2.24, 2.45) is 0 Å². The number of hydrogen-bond donors (Lipinski definition) is 2. The summed E-state index contributed by atoms with van der Waals surface area (Å²) in [6.45, 7) is 4.07. The van der Waals surface area contributed by atoms with Gasteiger partial charge in [0.1, 0.15) is 0 Å². The molecule has 0 aromatic heterocycles. The molecule has 3 rings (SSSR count). The summed E-state index contributed by atoms with van der Waals surface area (Å²) in [5, 5.41) is 20.5. The topological polar surface area (TPSA) is 74.6 Å². The molecule has 0 aliphatic heterocycles. The minimum absolute atomic E-state index is 0.0560. The van der Waals surface area contributed by atoms with Gasteiger partial charge in [-0.05, 0) is 79.5 Å². The first-order valence-corrected chi connectivity index (χ1v) is 11.6. The van der Waals surface area contributed by atoms with Crippen LogP contribution in [0.3, 0.4) is 0 Å². The SMILES string of the molecule is CCCCc1c(C(=O)O)c(C2CCCCC2)c(C(=O)O)c(C)c1C1CCCCC1. The van der Waals surface area contributed by atoms with Gasteiger partial charge in [-0.2, -0.15) is 0 Å². The highest BCUT2D eigenvalue weighted by molar-refractivity contribution is 6.00. The predicted octanol–water partition coefficient (Wildman–Crippen LogP) is 6.83. The molecule has 0 saturated heterocycles. The number of carboxylic acid groups (broad SMARTS) is 2. The first-order valence-electron chi connectivity index (χ1n) is 11.6. The average molecular weight is 401 g/mol. The van der Waals surface area contributed by atoms with E-state index in [9.17, 15) is 19.8 Å². The lowest BCUT2D eigenvalue weighted by Gasteiger charge is -2.32. The molecule has 4 nitrogen and oxygen atoms in total. The normalized spacial score (nSPS) is 18.7. The summed E-state index contributed by atoms with van der Waals surface area (Å²) < 4.78 is 0. The van der Waals surface area contributed by atoms with E-state index in [-0.39, 0.29) is 5.92 Å². The second-order valence-corrected chi connectivity index (χ2v) is 9.06. The predicted molar refractivity (Wildman–Crippen MR) is 115 cm³/mol. The summed E-state index contributed by atoms with van der Waals surface area (Å²) in [6, 6.07) is 0. The molecule has 2 fully saturated rings. The van der Waals surface area contributed by atoms with Gasteiger partial charge in [-0.3, -0.25) is 0 Å². The van der Waals surface area contributed by atoms with Crippen LogP contribution >= 0.6 is 0 Å². The Morgan fingerprint density at radius 1 is 0.793 bits per heavy atom. The van der Waals surface area contributed by atoms with E-state index < -0.39 is 11.9 Å². The van der Waals surface area contributed by atoms with Gasteiger partial charge in [0.25, 0.3) is 0 Å². The zero-order valence-corrected chi connectivity index (χ0v) is 18.1. The van der Waals surface area contributed by atoms with Crippen LogP contribution in [0.25, 0.3) is 0 Å². The molecule has 0 bridgehead atoms. The van der Waals surface area contributed by atoms with Crippen molar-refractivity contribution in [2.75, 3.05) is 0 Å². The fourth-order valence-corrected chi connectivity index (χ4v) is 5.86. The van der Waals surface area contributed by atoms with E-state index in [1.54, 1.807) is 0 Å². The zero-order valence-electron chi connectivity index (χ0n) is 18.1. The van der Waals surface area contributed by atoms with Gasteiger partial charge in [-0.25, -0.2) is 9.59 Å². The number of hydrogen-bond acceptors (Lipinski definition) is 2. The molecule has 160 valence electrons. The number of aromatic carboxylic acids is 2. The molecule has 0 heterocycles. The Kier molecular flexibility index (Phi) is 7.37. The molecule has 0 amide bonds. The monoisotopic (exact) mass is 400 g/mol. The highest BCUT2D eigenvalue weighted by Crippen LogP contribution is 2.45. The second-order valence-electron chi connectivity index (χ2n) is 9.06. The first kappa shape index (κ1) is 21.9. The molecular formula is C25H36O4. The van der Waals surface area contributed by atoms with Crippen molar-refractivity contribution in [1.82, 2.24) is 0 Å². The van der Waals surface area contributed by atoms with E-state index in [1.807, 2.05) is 6.92 Å². The summed E-state index contributed by atoms with van der Waals surface area (Å²) in [5.41, 5.74) is 4.14. The third-order valence-corrected chi connectivity index (χ3v) is 7.18. The Bertz CT molecular complexity index is 753. The second kappa shape index (κ2) is 9.77. The molecule has 29 heavy (non-hydrogen) atoms. The molecule has 2 aliphatic rings. The van der Waals surface area contributed by atoms with Crippen LogP contribution in [0, 0.1) is 6.92 Å². The Morgan fingerprint density at radius 2 is 1.28 bits per heavy atom. The molecule has 2 N–H and O–H groups in total. The van der Waals surface area contributed by atoms with Gasteiger partial charge in [-0.15, -0.1) is 0 Å². The van der Waals surface area contributed by atoms with Crippen LogP contribution in [-0.4, -0.2) is 22.2 Å². The molecule has 4 heteroatoms. The lowest BCUT2D eigenvalue weighted by Crippen LogP contribution is -2.23. The van der Waals surface area contributed by atoms with E-state index in [4.69, 9.17) is 0 Å². The van der Waals surface area contributed by atoms with Crippen LogP contribution in [0.2, 0.25) is 0 Å². The number of carboxylic acids is 2. The van der Waals surface area contributed by atoms with Crippen LogP contribution in [0.4, 0.5) is 0 Å². The molecule has 0 atom stereocenters. The minimum atomic E-state index is -0.954. The molecule has 2 saturated carbocycles. The minimum Gasteiger partial charge on any atom is -0.478 e. The Balaban J connectivity index is 2.30. The maximum Gasteiger partial charge on any atom is 0.336 e. The molecular weight excluding hydrogens is 364 g/mol. The average Bonchev–Trinajstić information content (AvgIpc) is 2.72. The van der Waals surface area contributed by atoms with E-state index in [0.717, 1.165) is 93.7 Å². The maximum absolute atomic E-state index is 12.6. The number of unbranched alkanes of at least 4 members (excludes halogenated alkanes) is 1. The summed E-state index contributed by atoms with van der Waals surface area (Å²) >= 11 is 0. The zero-order chi connectivity index (χ0) is 21.0. The third kappa shape index (κ3) is 4.51. The van der Waals surface area contributed by atoms with Gasteiger partial charge < -0.3 is 10.2 Å². The van der Waals surface area contributed by atoms with E-state index >= 15 is 0 Å². The molecule has 0 radical (unpaired) electrons. The van der Waals surface area contributed by atoms with Crippen molar-refractivity contribution < 1.29 is 19.8 Å². The van der Waals surface area contributed by atoms with Crippen molar-refractivity contribution in [1.29, 1.82) is 0 Å². The van der Waals surface area contributed by atoms with Gasteiger partial charge in [0, 0.05) is 0 Å². The van der Waals surface area contributed by atoms with Crippen molar-refractivity contribution in [3.8, 4) is 0 Å². The van der Waals surface area contributed by atoms with E-state index in [1.165, 1.54) is 6.42 Å². The van der Waals surface area contributed by atoms with Gasteiger partial charge >= 0.3 is 11.9 Å². The van der Waals surface area contributed by atoms with Crippen molar-refractivity contribution in [3.05, 3.63) is 33.4 Å². The lowest BCUT2D eigenvalue weighted by atomic mass is 9.71. The standard InChI is InChI=1S/C25H36O4/c1-3-4-15-19-20(17-11-7-5-8-12-17)16(2)21(24(26)27)22(23(19)25(28)29)18-13-9-6-10-14-18/h17-18H,3-15H2,1-2H3,(H,26,27)(H,28,29). The Hall–Kier alpha value is -1.84. The maximum atomic E-state index is 12.6. The Labute approximate surface area is 174 Å². The largest absolute Gasteiger partial charge is 0.478 e. The van der Waals surface area contributed by atoms with Crippen LogP contribution in [-0.2, 0) is 6.42 Å². The van der Waals surface area contributed by atoms with Crippen molar-refractivity contribution in [2.45, 2.75) is 109 Å². The van der Waals surface area contributed by atoms with Crippen molar-refractivity contribution in [3.63, 3.8) is 0 Å². The quantitative estimate of drug-likeness (QED) is 0.526. The molecule has 0 spiro atoms. The van der Waals surface area contributed by atoms with Gasteiger partial charge in [0.05, 0.1) is 11.1 Å². The number of carbonyl (C=O) groups is 2. The number of rotatable bonds is 7. The van der Waals surface area contributed by atoms with Gasteiger partial charge in [-0.1, -0.05) is 51.9 Å². The summed E-state index contributed by atoms with van der Waals surface area (Å²) in [5.74, 6) is -1.53. The fraction of sp³-hybridized carbons (Fsp3) is 0.680.